The predicted octanol–water partition coefficient (Wildman–Crippen LogP) is 4.02. The molecule has 1 atom stereocenters. The Labute approximate surface area is 156 Å². The Bertz CT molecular complexity index is 809. The van der Waals surface area contributed by atoms with Gasteiger partial charge in [0.05, 0.1) is 5.56 Å². The van der Waals surface area contributed by atoms with Crippen LogP contribution in [0.25, 0.3) is 0 Å². The molecule has 0 aliphatic heterocycles. The molecule has 7 heteroatoms. The van der Waals surface area contributed by atoms with Crippen molar-refractivity contribution in [1.29, 1.82) is 0 Å². The van der Waals surface area contributed by atoms with Crippen molar-refractivity contribution in [3.8, 4) is 5.75 Å². The van der Waals surface area contributed by atoms with Crippen LogP contribution in [0.5, 0.6) is 5.75 Å². The zero-order chi connectivity index (χ0) is 18.6. The molecule has 1 unspecified atom stereocenters. The lowest BCUT2D eigenvalue weighted by Gasteiger charge is -2.16. The number of amides is 2. The van der Waals surface area contributed by atoms with Crippen molar-refractivity contribution in [3.05, 3.63) is 57.6 Å². The minimum atomic E-state index is -0.442. The lowest BCUT2D eigenvalue weighted by molar-refractivity contribution is -0.114. The fourth-order valence-corrected chi connectivity index (χ4v) is 2.85. The number of carbonyl (C=O) groups excluding carboxylic acids is 2. The molecule has 2 aromatic carbocycles. The number of halogens is 2. The van der Waals surface area contributed by atoms with E-state index in [2.05, 4.69) is 10.6 Å². The number of benzene rings is 2. The molecule has 2 aromatic rings. The highest BCUT2D eigenvalue weighted by Gasteiger charge is 2.16. The third-order valence-corrected chi connectivity index (χ3v) is 4.07. The second-order valence-corrected chi connectivity index (χ2v) is 6.57. The number of rotatable bonds is 5. The first kappa shape index (κ1) is 19.1. The van der Waals surface area contributed by atoms with E-state index < -0.39 is 5.91 Å². The van der Waals surface area contributed by atoms with Crippen LogP contribution >= 0.6 is 23.2 Å². The molecule has 5 nitrogen and oxygen atoms in total. The lowest BCUT2D eigenvalue weighted by atomic mass is 10.1. The summed E-state index contributed by atoms with van der Waals surface area (Å²) in [5, 5.41) is 16.4. The van der Waals surface area contributed by atoms with E-state index in [1.807, 2.05) is 13.0 Å². The summed E-state index contributed by atoms with van der Waals surface area (Å²) in [6.07, 6.45) is 0.508. The van der Waals surface area contributed by atoms with Gasteiger partial charge >= 0.3 is 0 Å². The van der Waals surface area contributed by atoms with Gasteiger partial charge in [0.2, 0.25) is 5.91 Å². The summed E-state index contributed by atoms with van der Waals surface area (Å²) in [5.74, 6) is -0.867. The summed E-state index contributed by atoms with van der Waals surface area (Å²) in [5.41, 5.74) is 1.37. The largest absolute Gasteiger partial charge is 0.507 e. The highest BCUT2D eigenvalue weighted by molar-refractivity contribution is 6.35. The van der Waals surface area contributed by atoms with E-state index in [1.165, 1.54) is 25.1 Å². The van der Waals surface area contributed by atoms with Crippen LogP contribution in [0.2, 0.25) is 10.0 Å². The summed E-state index contributed by atoms with van der Waals surface area (Å²) in [6, 6.07) is 9.27. The zero-order valence-electron chi connectivity index (χ0n) is 13.8. The van der Waals surface area contributed by atoms with Crippen molar-refractivity contribution >= 4 is 40.7 Å². The van der Waals surface area contributed by atoms with Gasteiger partial charge in [-0.05, 0) is 49.2 Å². The smallest absolute Gasteiger partial charge is 0.255 e. The summed E-state index contributed by atoms with van der Waals surface area (Å²) in [4.78, 5) is 23.5. The van der Waals surface area contributed by atoms with Crippen LogP contribution in [-0.4, -0.2) is 23.0 Å². The molecular formula is C18H18Cl2N2O3. The molecule has 0 bridgehead atoms. The van der Waals surface area contributed by atoms with E-state index in [0.29, 0.717) is 22.2 Å². The van der Waals surface area contributed by atoms with Crippen molar-refractivity contribution in [3.63, 3.8) is 0 Å². The van der Waals surface area contributed by atoms with Crippen LogP contribution in [0.1, 0.15) is 29.8 Å². The van der Waals surface area contributed by atoms with Crippen LogP contribution < -0.4 is 10.6 Å². The molecule has 2 amide bonds. The fraction of sp³-hybridized carbons (Fsp3) is 0.222. The fourth-order valence-electron chi connectivity index (χ4n) is 2.37. The average Bonchev–Trinajstić information content (AvgIpc) is 2.51. The first-order valence-electron chi connectivity index (χ1n) is 7.61. The molecule has 0 aliphatic rings. The highest BCUT2D eigenvalue weighted by Crippen LogP contribution is 2.23. The summed E-state index contributed by atoms with van der Waals surface area (Å²) < 4.78 is 0. The molecule has 0 aliphatic carbocycles. The van der Waals surface area contributed by atoms with Crippen LogP contribution in [0.4, 0.5) is 5.69 Å². The predicted molar refractivity (Wildman–Crippen MR) is 99.5 cm³/mol. The van der Waals surface area contributed by atoms with Gasteiger partial charge in [-0.25, -0.2) is 0 Å². The van der Waals surface area contributed by atoms with Crippen LogP contribution in [-0.2, 0) is 11.2 Å². The number of nitrogens with one attached hydrogen (secondary N) is 2. The Kier molecular flexibility index (Phi) is 6.28. The van der Waals surface area contributed by atoms with E-state index in [-0.39, 0.29) is 23.3 Å². The number of phenolic OH excluding ortho intramolecular Hbond substituents is 1. The summed E-state index contributed by atoms with van der Waals surface area (Å²) >= 11 is 12.0. The Balaban J connectivity index is 2.09. The molecule has 132 valence electrons. The van der Waals surface area contributed by atoms with Gasteiger partial charge in [-0.2, -0.15) is 0 Å². The average molecular weight is 381 g/mol. The minimum absolute atomic E-state index is 0.0836. The number of carbonyl (C=O) groups is 2. The number of phenols is 1. The van der Waals surface area contributed by atoms with E-state index in [0.717, 1.165) is 5.56 Å². The molecule has 0 aromatic heterocycles. The Hall–Kier alpha value is -2.24. The maximum Gasteiger partial charge on any atom is 0.255 e. The van der Waals surface area contributed by atoms with Gasteiger partial charge in [-0.3, -0.25) is 9.59 Å². The molecule has 0 radical (unpaired) electrons. The van der Waals surface area contributed by atoms with Crippen LogP contribution in [0, 0.1) is 0 Å². The normalized spacial score (nSPS) is 11.7. The highest BCUT2D eigenvalue weighted by atomic mass is 35.5. The Morgan fingerprint density at radius 3 is 2.52 bits per heavy atom. The van der Waals surface area contributed by atoms with Gasteiger partial charge in [0.1, 0.15) is 5.75 Å². The lowest BCUT2D eigenvalue weighted by Crippen LogP contribution is -2.34. The molecule has 0 saturated carbocycles. The molecule has 0 saturated heterocycles. The van der Waals surface area contributed by atoms with E-state index >= 15 is 0 Å². The third kappa shape index (κ3) is 5.37. The van der Waals surface area contributed by atoms with Crippen molar-refractivity contribution in [1.82, 2.24) is 5.32 Å². The van der Waals surface area contributed by atoms with Crippen LogP contribution in [0.15, 0.2) is 36.4 Å². The third-order valence-electron chi connectivity index (χ3n) is 3.48. The number of hydrogen-bond acceptors (Lipinski definition) is 3. The molecule has 0 spiro atoms. The van der Waals surface area contributed by atoms with Crippen LogP contribution in [0.3, 0.4) is 0 Å². The molecule has 25 heavy (non-hydrogen) atoms. The molecule has 3 N–H and O–H groups in total. The van der Waals surface area contributed by atoms with Gasteiger partial charge in [-0.15, -0.1) is 0 Å². The Morgan fingerprint density at radius 2 is 1.88 bits per heavy atom. The molecular weight excluding hydrogens is 363 g/mol. The number of aromatic hydroxyl groups is 1. The minimum Gasteiger partial charge on any atom is -0.507 e. The zero-order valence-corrected chi connectivity index (χ0v) is 15.3. The van der Waals surface area contributed by atoms with E-state index in [1.54, 1.807) is 12.1 Å². The standard InChI is InChI=1S/C18H18Cl2N2O3/c1-10(7-12-3-4-13(19)8-16(12)20)21-18(25)15-9-14(22-11(2)23)5-6-17(15)24/h3-6,8-10,24H,7H2,1-2H3,(H,21,25)(H,22,23). The molecule has 0 heterocycles. The van der Waals surface area contributed by atoms with Crippen molar-refractivity contribution in [2.45, 2.75) is 26.3 Å². The van der Waals surface area contributed by atoms with Gasteiger partial charge < -0.3 is 15.7 Å². The first-order chi connectivity index (χ1) is 11.8. The SMILES string of the molecule is CC(=O)Nc1ccc(O)c(C(=O)NC(C)Cc2ccc(Cl)cc2Cl)c1. The van der Waals surface area contributed by atoms with E-state index in [9.17, 15) is 14.7 Å². The van der Waals surface area contributed by atoms with Crippen molar-refractivity contribution in [2.75, 3.05) is 5.32 Å². The summed E-state index contributed by atoms with van der Waals surface area (Å²) in [7, 11) is 0. The topological polar surface area (TPSA) is 78.4 Å². The number of anilines is 1. The quantitative estimate of drug-likeness (QED) is 0.685. The first-order valence-corrected chi connectivity index (χ1v) is 8.37. The van der Waals surface area contributed by atoms with Gasteiger partial charge in [0, 0.05) is 28.7 Å². The monoisotopic (exact) mass is 380 g/mol. The maximum atomic E-state index is 12.4. The maximum absolute atomic E-state index is 12.4. The molecule has 0 fully saturated rings. The van der Waals surface area contributed by atoms with Gasteiger partial charge in [0.15, 0.2) is 0 Å². The van der Waals surface area contributed by atoms with Crippen molar-refractivity contribution in [2.24, 2.45) is 0 Å². The van der Waals surface area contributed by atoms with Crippen molar-refractivity contribution < 1.29 is 14.7 Å². The molecule has 2 rings (SSSR count). The Morgan fingerprint density at radius 1 is 1.16 bits per heavy atom. The second kappa shape index (κ2) is 8.23. The number of hydrogen-bond donors (Lipinski definition) is 3. The van der Waals surface area contributed by atoms with Gasteiger partial charge in [0.25, 0.3) is 5.91 Å². The van der Waals surface area contributed by atoms with E-state index in [4.69, 9.17) is 23.2 Å². The van der Waals surface area contributed by atoms with Gasteiger partial charge in [-0.1, -0.05) is 29.3 Å². The second-order valence-electron chi connectivity index (χ2n) is 5.73. The summed E-state index contributed by atoms with van der Waals surface area (Å²) in [6.45, 7) is 3.20.